The van der Waals surface area contributed by atoms with Gasteiger partial charge in [0.1, 0.15) is 0 Å². The van der Waals surface area contributed by atoms with E-state index in [1.165, 1.54) is 6.07 Å². The van der Waals surface area contributed by atoms with Crippen molar-refractivity contribution in [2.24, 2.45) is 0 Å². The highest BCUT2D eigenvalue weighted by atomic mass is 19.2. The first-order valence-corrected chi connectivity index (χ1v) is 4.83. The molecule has 1 aromatic carbocycles. The van der Waals surface area contributed by atoms with E-state index in [1.807, 2.05) is 6.92 Å². The van der Waals surface area contributed by atoms with Gasteiger partial charge in [0.05, 0.1) is 6.04 Å². The van der Waals surface area contributed by atoms with Crippen LogP contribution in [0.3, 0.4) is 0 Å². The Kier molecular flexibility index (Phi) is 4.26. The van der Waals surface area contributed by atoms with Crippen molar-refractivity contribution >= 4 is 0 Å². The van der Waals surface area contributed by atoms with Gasteiger partial charge < -0.3 is 5.32 Å². The van der Waals surface area contributed by atoms with Crippen LogP contribution in [-0.4, -0.2) is 6.54 Å². The van der Waals surface area contributed by atoms with Gasteiger partial charge in [0.2, 0.25) is 0 Å². The van der Waals surface area contributed by atoms with Gasteiger partial charge in [0.15, 0.2) is 11.6 Å². The fourth-order valence-electron chi connectivity index (χ4n) is 1.25. The number of hydrogen-bond acceptors (Lipinski definition) is 1. The van der Waals surface area contributed by atoms with E-state index in [0.29, 0.717) is 5.56 Å². The second-order valence-corrected chi connectivity index (χ2v) is 3.23. The van der Waals surface area contributed by atoms with Gasteiger partial charge in [0.25, 0.3) is 0 Å². The lowest BCUT2D eigenvalue weighted by Gasteiger charge is -2.12. The molecule has 1 aromatic rings. The molecule has 0 saturated heterocycles. The molecule has 0 aliphatic rings. The van der Waals surface area contributed by atoms with Gasteiger partial charge in [-0.05, 0) is 30.7 Å². The predicted molar refractivity (Wildman–Crippen MR) is 56.2 cm³/mol. The maximum Gasteiger partial charge on any atom is 0.159 e. The SMILES string of the molecule is C#CC(NCCC)c1ccc(F)c(F)c1. The molecule has 1 atom stereocenters. The van der Waals surface area contributed by atoms with Crippen LogP contribution in [0.1, 0.15) is 24.9 Å². The number of benzene rings is 1. The lowest BCUT2D eigenvalue weighted by atomic mass is 10.1. The number of rotatable bonds is 4. The number of nitrogens with one attached hydrogen (secondary N) is 1. The van der Waals surface area contributed by atoms with Crippen molar-refractivity contribution in [2.75, 3.05) is 6.54 Å². The summed E-state index contributed by atoms with van der Waals surface area (Å²) in [5.41, 5.74) is 0.574. The Labute approximate surface area is 88.5 Å². The van der Waals surface area contributed by atoms with Gasteiger partial charge in [-0.25, -0.2) is 8.78 Å². The predicted octanol–water partition coefficient (Wildman–Crippen LogP) is 2.64. The zero-order valence-corrected chi connectivity index (χ0v) is 8.56. The van der Waals surface area contributed by atoms with Crippen LogP contribution < -0.4 is 5.32 Å². The molecule has 1 unspecified atom stereocenters. The van der Waals surface area contributed by atoms with Crippen molar-refractivity contribution in [2.45, 2.75) is 19.4 Å². The van der Waals surface area contributed by atoms with Crippen LogP contribution in [0.25, 0.3) is 0 Å². The van der Waals surface area contributed by atoms with Crippen LogP contribution in [0.5, 0.6) is 0 Å². The van der Waals surface area contributed by atoms with Gasteiger partial charge in [0, 0.05) is 0 Å². The molecule has 0 aliphatic carbocycles. The van der Waals surface area contributed by atoms with Crippen molar-refractivity contribution in [3.05, 3.63) is 35.4 Å². The normalized spacial score (nSPS) is 12.1. The summed E-state index contributed by atoms with van der Waals surface area (Å²) < 4.78 is 25.6. The molecule has 3 heteroatoms. The van der Waals surface area contributed by atoms with Crippen molar-refractivity contribution in [3.63, 3.8) is 0 Å². The fraction of sp³-hybridized carbons (Fsp3) is 0.333. The molecule has 1 nitrogen and oxygen atoms in total. The molecule has 0 radical (unpaired) electrons. The van der Waals surface area contributed by atoms with Crippen LogP contribution in [-0.2, 0) is 0 Å². The van der Waals surface area contributed by atoms with Crippen LogP contribution in [0.15, 0.2) is 18.2 Å². The van der Waals surface area contributed by atoms with Crippen LogP contribution >= 0.6 is 0 Å². The summed E-state index contributed by atoms with van der Waals surface area (Å²) in [7, 11) is 0. The molecule has 0 saturated carbocycles. The maximum atomic E-state index is 12.9. The number of halogens is 2. The minimum absolute atomic E-state index is 0.361. The third-order valence-corrected chi connectivity index (χ3v) is 2.04. The molecule has 0 spiro atoms. The van der Waals surface area contributed by atoms with Crippen molar-refractivity contribution < 1.29 is 8.78 Å². The maximum absolute atomic E-state index is 12.9. The lowest BCUT2D eigenvalue weighted by Crippen LogP contribution is -2.20. The minimum atomic E-state index is -0.869. The fourth-order valence-corrected chi connectivity index (χ4v) is 1.25. The Bertz CT molecular complexity index is 368. The van der Waals surface area contributed by atoms with Gasteiger partial charge in [-0.1, -0.05) is 18.9 Å². The Morgan fingerprint density at radius 1 is 1.40 bits per heavy atom. The second-order valence-electron chi connectivity index (χ2n) is 3.23. The smallest absolute Gasteiger partial charge is 0.159 e. The average Bonchev–Trinajstić information content (AvgIpc) is 2.24. The molecule has 1 rings (SSSR count). The van der Waals surface area contributed by atoms with Crippen LogP contribution in [0, 0.1) is 24.0 Å². The summed E-state index contributed by atoms with van der Waals surface area (Å²) in [5.74, 6) is 0.774. The van der Waals surface area contributed by atoms with Gasteiger partial charge in [-0.2, -0.15) is 0 Å². The standard InChI is InChI=1S/C12H13F2N/c1-3-7-15-12(4-2)9-5-6-10(13)11(14)8-9/h2,5-6,8,12,15H,3,7H2,1H3. The van der Waals surface area contributed by atoms with E-state index in [4.69, 9.17) is 6.42 Å². The highest BCUT2D eigenvalue weighted by molar-refractivity contribution is 5.26. The number of terminal acetylenes is 1. The Balaban J connectivity index is 2.84. The van der Waals surface area contributed by atoms with E-state index >= 15 is 0 Å². The third kappa shape index (κ3) is 3.03. The summed E-state index contributed by atoms with van der Waals surface area (Å²) in [6, 6.07) is 3.34. The Morgan fingerprint density at radius 3 is 2.67 bits per heavy atom. The van der Waals surface area contributed by atoms with E-state index in [2.05, 4.69) is 11.2 Å². The molecule has 1 N–H and O–H groups in total. The van der Waals surface area contributed by atoms with E-state index in [0.717, 1.165) is 25.1 Å². The van der Waals surface area contributed by atoms with E-state index in [1.54, 1.807) is 0 Å². The quantitative estimate of drug-likeness (QED) is 0.752. The Hall–Kier alpha value is -1.40. The molecule has 0 amide bonds. The first-order valence-electron chi connectivity index (χ1n) is 4.83. The van der Waals surface area contributed by atoms with E-state index < -0.39 is 11.6 Å². The van der Waals surface area contributed by atoms with Crippen LogP contribution in [0.4, 0.5) is 8.78 Å². The number of hydrogen-bond donors (Lipinski definition) is 1. The highest BCUT2D eigenvalue weighted by Crippen LogP contribution is 2.15. The minimum Gasteiger partial charge on any atom is -0.300 e. The molecule has 0 fully saturated rings. The largest absolute Gasteiger partial charge is 0.300 e. The molecule has 15 heavy (non-hydrogen) atoms. The first-order chi connectivity index (χ1) is 7.19. The molecule has 0 aromatic heterocycles. The summed E-state index contributed by atoms with van der Waals surface area (Å²) >= 11 is 0. The zero-order chi connectivity index (χ0) is 11.3. The topological polar surface area (TPSA) is 12.0 Å². The first kappa shape index (κ1) is 11.7. The van der Waals surface area contributed by atoms with Crippen molar-refractivity contribution in [3.8, 4) is 12.3 Å². The second kappa shape index (κ2) is 5.47. The monoisotopic (exact) mass is 209 g/mol. The third-order valence-electron chi connectivity index (χ3n) is 2.04. The average molecular weight is 209 g/mol. The summed E-state index contributed by atoms with van der Waals surface area (Å²) in [5, 5.41) is 3.06. The summed E-state index contributed by atoms with van der Waals surface area (Å²) in [4.78, 5) is 0. The van der Waals surface area contributed by atoms with Crippen LogP contribution in [0.2, 0.25) is 0 Å². The Morgan fingerprint density at radius 2 is 2.13 bits per heavy atom. The summed E-state index contributed by atoms with van der Waals surface area (Å²) in [6.07, 6.45) is 6.24. The highest BCUT2D eigenvalue weighted by Gasteiger charge is 2.09. The van der Waals surface area contributed by atoms with Gasteiger partial charge in [-0.3, -0.25) is 0 Å². The van der Waals surface area contributed by atoms with Crippen molar-refractivity contribution in [1.82, 2.24) is 5.32 Å². The molecule has 0 heterocycles. The van der Waals surface area contributed by atoms with E-state index in [-0.39, 0.29) is 6.04 Å². The molecular formula is C12H13F2N. The van der Waals surface area contributed by atoms with Gasteiger partial charge >= 0.3 is 0 Å². The molecule has 0 aliphatic heterocycles. The van der Waals surface area contributed by atoms with Crippen molar-refractivity contribution in [1.29, 1.82) is 0 Å². The molecule has 80 valence electrons. The lowest BCUT2D eigenvalue weighted by molar-refractivity contribution is 0.504. The zero-order valence-electron chi connectivity index (χ0n) is 8.56. The van der Waals surface area contributed by atoms with Gasteiger partial charge in [-0.15, -0.1) is 6.42 Å². The summed E-state index contributed by atoms with van der Waals surface area (Å²) in [6.45, 7) is 2.75. The molecule has 0 bridgehead atoms. The molecular weight excluding hydrogens is 196 g/mol. The van der Waals surface area contributed by atoms with E-state index in [9.17, 15) is 8.78 Å².